The summed E-state index contributed by atoms with van der Waals surface area (Å²) in [4.78, 5) is 11.1. The molecule has 1 aromatic carbocycles. The van der Waals surface area contributed by atoms with Gasteiger partial charge in [-0.3, -0.25) is 4.79 Å². The van der Waals surface area contributed by atoms with Gasteiger partial charge in [-0.1, -0.05) is 12.1 Å². The third-order valence-electron chi connectivity index (χ3n) is 2.65. The van der Waals surface area contributed by atoms with Crippen molar-refractivity contribution in [2.45, 2.75) is 12.3 Å². The second kappa shape index (κ2) is 3.88. The monoisotopic (exact) mass is 209 g/mol. The minimum Gasteiger partial charge on any atom is -0.469 e. The second-order valence-corrected chi connectivity index (χ2v) is 3.56. The molecule has 0 radical (unpaired) electrons. The molecule has 1 aromatic rings. The maximum Gasteiger partial charge on any atom is 0.306 e. The number of esters is 1. The van der Waals surface area contributed by atoms with Gasteiger partial charge < -0.3 is 10.1 Å². The molecule has 1 unspecified atom stereocenters. The maximum absolute atomic E-state index is 13.3. The van der Waals surface area contributed by atoms with Crippen molar-refractivity contribution in [3.63, 3.8) is 0 Å². The predicted octanol–water partition coefficient (Wildman–Crippen LogP) is 1.90. The molecule has 0 amide bonds. The van der Waals surface area contributed by atoms with Gasteiger partial charge in [-0.05, 0) is 11.6 Å². The number of methoxy groups -OCH3 is 1. The molecular formula is C11H12FNO2. The van der Waals surface area contributed by atoms with Crippen LogP contribution in [-0.4, -0.2) is 19.6 Å². The molecule has 0 saturated carbocycles. The molecule has 1 atom stereocenters. The van der Waals surface area contributed by atoms with Crippen molar-refractivity contribution < 1.29 is 13.9 Å². The van der Waals surface area contributed by atoms with E-state index in [0.717, 1.165) is 5.56 Å². The van der Waals surface area contributed by atoms with E-state index < -0.39 is 0 Å². The maximum atomic E-state index is 13.3. The summed E-state index contributed by atoms with van der Waals surface area (Å²) in [7, 11) is 1.36. The average molecular weight is 209 g/mol. The Morgan fingerprint density at radius 3 is 3.20 bits per heavy atom. The molecule has 1 heterocycles. The van der Waals surface area contributed by atoms with Crippen LogP contribution < -0.4 is 5.32 Å². The van der Waals surface area contributed by atoms with Crippen molar-refractivity contribution >= 4 is 11.7 Å². The van der Waals surface area contributed by atoms with E-state index in [0.29, 0.717) is 18.7 Å². The summed E-state index contributed by atoms with van der Waals surface area (Å²) in [5.74, 6) is -0.512. The van der Waals surface area contributed by atoms with Crippen molar-refractivity contribution in [3.05, 3.63) is 29.6 Å². The number of carbonyl (C=O) groups is 1. The van der Waals surface area contributed by atoms with Crippen molar-refractivity contribution in [1.29, 1.82) is 0 Å². The molecule has 1 aliphatic heterocycles. The summed E-state index contributed by atoms with van der Waals surface area (Å²) in [6, 6.07) is 4.91. The quantitative estimate of drug-likeness (QED) is 0.756. The van der Waals surface area contributed by atoms with E-state index in [9.17, 15) is 9.18 Å². The van der Waals surface area contributed by atoms with Crippen molar-refractivity contribution in [1.82, 2.24) is 0 Å². The first kappa shape index (κ1) is 9.96. The topological polar surface area (TPSA) is 38.3 Å². The molecular weight excluding hydrogens is 197 g/mol. The molecule has 15 heavy (non-hydrogen) atoms. The first-order valence-corrected chi connectivity index (χ1v) is 4.81. The van der Waals surface area contributed by atoms with E-state index in [-0.39, 0.29) is 17.7 Å². The number of nitrogens with one attached hydrogen (secondary N) is 1. The molecule has 0 aliphatic carbocycles. The lowest BCUT2D eigenvalue weighted by Crippen LogP contribution is -2.10. The van der Waals surface area contributed by atoms with Crippen molar-refractivity contribution in [2.24, 2.45) is 0 Å². The zero-order chi connectivity index (χ0) is 10.8. The number of hydrogen-bond donors (Lipinski definition) is 1. The first-order chi connectivity index (χ1) is 7.22. The molecule has 3 nitrogen and oxygen atoms in total. The number of ether oxygens (including phenoxy) is 1. The number of fused-ring (bicyclic) bond motifs is 1. The highest BCUT2D eigenvalue weighted by Gasteiger charge is 2.26. The number of hydrogen-bond acceptors (Lipinski definition) is 3. The number of rotatable bonds is 2. The van der Waals surface area contributed by atoms with Gasteiger partial charge in [0.05, 0.1) is 19.2 Å². The van der Waals surface area contributed by atoms with Crippen LogP contribution in [0.25, 0.3) is 0 Å². The summed E-state index contributed by atoms with van der Waals surface area (Å²) in [5, 5.41) is 2.97. The van der Waals surface area contributed by atoms with Gasteiger partial charge in [0.2, 0.25) is 0 Å². The smallest absolute Gasteiger partial charge is 0.306 e. The van der Waals surface area contributed by atoms with Gasteiger partial charge in [-0.25, -0.2) is 4.39 Å². The summed E-state index contributed by atoms with van der Waals surface area (Å²) < 4.78 is 17.9. The van der Waals surface area contributed by atoms with E-state index in [4.69, 9.17) is 0 Å². The Labute approximate surface area is 87.2 Å². The fourth-order valence-corrected chi connectivity index (χ4v) is 1.87. The SMILES string of the molecule is COC(=O)CC1CNc2c(F)cccc21. The molecule has 80 valence electrons. The zero-order valence-corrected chi connectivity index (χ0v) is 8.42. The number of halogens is 1. The Morgan fingerprint density at radius 2 is 2.47 bits per heavy atom. The summed E-state index contributed by atoms with van der Waals surface area (Å²) in [5.41, 5.74) is 1.38. The van der Waals surface area contributed by atoms with Crippen LogP contribution in [0.5, 0.6) is 0 Å². The first-order valence-electron chi connectivity index (χ1n) is 4.81. The van der Waals surface area contributed by atoms with Crippen LogP contribution in [-0.2, 0) is 9.53 Å². The third kappa shape index (κ3) is 1.79. The minimum atomic E-state index is -0.265. The lowest BCUT2D eigenvalue weighted by atomic mass is 9.98. The molecule has 1 N–H and O–H groups in total. The van der Waals surface area contributed by atoms with Crippen LogP contribution in [0.15, 0.2) is 18.2 Å². The number of benzene rings is 1. The summed E-state index contributed by atoms with van der Waals surface area (Å²) in [6.07, 6.45) is 0.292. The highest BCUT2D eigenvalue weighted by molar-refractivity contribution is 5.72. The molecule has 0 saturated heterocycles. The largest absolute Gasteiger partial charge is 0.469 e. The van der Waals surface area contributed by atoms with Gasteiger partial charge in [0, 0.05) is 12.5 Å². The molecule has 1 aliphatic rings. The van der Waals surface area contributed by atoms with Crippen LogP contribution in [0.2, 0.25) is 0 Å². The highest BCUT2D eigenvalue weighted by atomic mass is 19.1. The van der Waals surface area contributed by atoms with E-state index >= 15 is 0 Å². The van der Waals surface area contributed by atoms with Gasteiger partial charge >= 0.3 is 5.97 Å². The fraction of sp³-hybridized carbons (Fsp3) is 0.364. The minimum absolute atomic E-state index is 0.0168. The van der Waals surface area contributed by atoms with Gasteiger partial charge in [0.15, 0.2) is 0 Å². The molecule has 0 aromatic heterocycles. The number of carbonyl (C=O) groups excluding carboxylic acids is 1. The van der Waals surface area contributed by atoms with Crippen LogP contribution in [0.1, 0.15) is 17.9 Å². The van der Waals surface area contributed by atoms with Crippen LogP contribution in [0.4, 0.5) is 10.1 Å². The van der Waals surface area contributed by atoms with Gasteiger partial charge in [0.1, 0.15) is 5.82 Å². The lowest BCUT2D eigenvalue weighted by molar-refractivity contribution is -0.140. The molecule has 0 fully saturated rings. The fourth-order valence-electron chi connectivity index (χ4n) is 1.87. The molecule has 2 rings (SSSR count). The van der Waals surface area contributed by atoms with Crippen molar-refractivity contribution in [2.75, 3.05) is 19.0 Å². The Balaban J connectivity index is 2.21. The number of anilines is 1. The van der Waals surface area contributed by atoms with Crippen LogP contribution >= 0.6 is 0 Å². The van der Waals surface area contributed by atoms with E-state index in [2.05, 4.69) is 10.1 Å². The summed E-state index contributed by atoms with van der Waals surface area (Å²) >= 11 is 0. The standard InChI is InChI=1S/C11H12FNO2/c1-15-10(14)5-7-6-13-11-8(7)3-2-4-9(11)12/h2-4,7,13H,5-6H2,1H3. The van der Waals surface area contributed by atoms with Crippen LogP contribution in [0.3, 0.4) is 0 Å². The molecule has 0 spiro atoms. The zero-order valence-electron chi connectivity index (χ0n) is 8.42. The van der Waals surface area contributed by atoms with Gasteiger partial charge in [-0.2, -0.15) is 0 Å². The summed E-state index contributed by atoms with van der Waals surface area (Å²) in [6.45, 7) is 0.589. The highest BCUT2D eigenvalue weighted by Crippen LogP contribution is 2.35. The molecule has 0 bridgehead atoms. The Kier molecular flexibility index (Phi) is 2.58. The normalized spacial score (nSPS) is 18.1. The van der Waals surface area contributed by atoms with E-state index in [1.54, 1.807) is 6.07 Å². The third-order valence-corrected chi connectivity index (χ3v) is 2.65. The predicted molar refractivity (Wildman–Crippen MR) is 54.3 cm³/mol. The van der Waals surface area contributed by atoms with Gasteiger partial charge in [0.25, 0.3) is 0 Å². The average Bonchev–Trinajstić information content (AvgIpc) is 2.63. The number of para-hydroxylation sites is 1. The lowest BCUT2D eigenvalue weighted by Gasteiger charge is -2.07. The second-order valence-electron chi connectivity index (χ2n) is 3.56. The Bertz CT molecular complexity index is 392. The van der Waals surface area contributed by atoms with E-state index in [1.807, 2.05) is 6.07 Å². The van der Waals surface area contributed by atoms with Gasteiger partial charge in [-0.15, -0.1) is 0 Å². The van der Waals surface area contributed by atoms with E-state index in [1.165, 1.54) is 13.2 Å². The Morgan fingerprint density at radius 1 is 1.67 bits per heavy atom. The Hall–Kier alpha value is -1.58. The van der Waals surface area contributed by atoms with Crippen molar-refractivity contribution in [3.8, 4) is 0 Å². The van der Waals surface area contributed by atoms with Crippen LogP contribution in [0, 0.1) is 5.82 Å². The molecule has 4 heteroatoms.